The third-order valence-electron chi connectivity index (χ3n) is 2.67. The van der Waals surface area contributed by atoms with Crippen molar-refractivity contribution < 1.29 is 19.4 Å². The Kier molecular flexibility index (Phi) is 5.87. The largest absolute Gasteiger partial charge is 0.482 e. The maximum atomic E-state index is 11.8. The van der Waals surface area contributed by atoms with Gasteiger partial charge in [0.15, 0.2) is 6.61 Å². The summed E-state index contributed by atoms with van der Waals surface area (Å²) in [6, 6.07) is 3.61. The molecule has 1 amide bonds. The third-order valence-corrected chi connectivity index (χ3v) is 3.22. The zero-order valence-corrected chi connectivity index (χ0v) is 13.5. The van der Waals surface area contributed by atoms with E-state index in [0.29, 0.717) is 10.0 Å². The predicted molar refractivity (Wildman–Crippen MR) is 81.0 cm³/mol. The maximum absolute atomic E-state index is 11.8. The van der Waals surface area contributed by atoms with Crippen LogP contribution in [0.2, 0.25) is 10.0 Å². The Morgan fingerprint density at radius 2 is 1.95 bits per heavy atom. The number of benzene rings is 1. The molecule has 0 bridgehead atoms. The van der Waals surface area contributed by atoms with Crippen molar-refractivity contribution in [1.82, 2.24) is 5.32 Å². The molecule has 0 aromatic heterocycles. The molecule has 1 aromatic rings. The van der Waals surface area contributed by atoms with Crippen molar-refractivity contribution in [2.45, 2.75) is 26.8 Å². The van der Waals surface area contributed by atoms with Gasteiger partial charge in [0.1, 0.15) is 11.8 Å². The van der Waals surface area contributed by atoms with E-state index in [0.717, 1.165) is 0 Å². The molecule has 0 radical (unpaired) electrons. The number of carboxylic acid groups (broad SMARTS) is 1. The lowest BCUT2D eigenvalue weighted by Crippen LogP contribution is -2.50. The van der Waals surface area contributed by atoms with Gasteiger partial charge in [0.2, 0.25) is 0 Å². The Bertz CT molecular complexity index is 540. The summed E-state index contributed by atoms with van der Waals surface area (Å²) in [7, 11) is 0. The number of carbonyl (C=O) groups is 2. The van der Waals surface area contributed by atoms with Gasteiger partial charge in [-0.2, -0.15) is 0 Å². The van der Waals surface area contributed by atoms with Crippen LogP contribution < -0.4 is 10.1 Å². The zero-order valence-electron chi connectivity index (χ0n) is 11.9. The highest BCUT2D eigenvalue weighted by Crippen LogP contribution is 2.27. The van der Waals surface area contributed by atoms with Crippen LogP contribution in [0, 0.1) is 5.41 Å². The molecule has 0 saturated heterocycles. The number of carboxylic acids is 1. The van der Waals surface area contributed by atoms with E-state index in [9.17, 15) is 9.59 Å². The van der Waals surface area contributed by atoms with E-state index in [4.69, 9.17) is 33.0 Å². The number of ether oxygens (including phenoxy) is 1. The van der Waals surface area contributed by atoms with Gasteiger partial charge in [0.25, 0.3) is 5.91 Å². The number of halogens is 2. The number of hydrogen-bond acceptors (Lipinski definition) is 3. The fourth-order valence-electron chi connectivity index (χ4n) is 1.58. The van der Waals surface area contributed by atoms with Gasteiger partial charge in [-0.25, -0.2) is 4.79 Å². The average molecular weight is 334 g/mol. The van der Waals surface area contributed by atoms with Crippen LogP contribution in [0.5, 0.6) is 5.75 Å². The summed E-state index contributed by atoms with van der Waals surface area (Å²) in [6.07, 6.45) is 0. The number of hydrogen-bond donors (Lipinski definition) is 2. The fourth-order valence-corrected chi connectivity index (χ4v) is 1.92. The van der Waals surface area contributed by atoms with Gasteiger partial charge in [0.05, 0.1) is 5.02 Å². The zero-order chi connectivity index (χ0) is 16.2. The first kappa shape index (κ1) is 17.6. The van der Waals surface area contributed by atoms with Crippen LogP contribution in [0.3, 0.4) is 0 Å². The van der Waals surface area contributed by atoms with Crippen molar-refractivity contribution >= 4 is 35.1 Å². The quantitative estimate of drug-likeness (QED) is 0.868. The van der Waals surface area contributed by atoms with E-state index in [1.54, 1.807) is 32.9 Å². The van der Waals surface area contributed by atoms with E-state index in [1.807, 2.05) is 0 Å². The summed E-state index contributed by atoms with van der Waals surface area (Å²) in [6.45, 7) is 4.82. The van der Waals surface area contributed by atoms with Crippen molar-refractivity contribution in [2.75, 3.05) is 6.61 Å². The van der Waals surface area contributed by atoms with Crippen LogP contribution in [0.25, 0.3) is 0 Å². The van der Waals surface area contributed by atoms with Crippen LogP contribution in [-0.2, 0) is 9.59 Å². The Balaban J connectivity index is 2.65. The minimum atomic E-state index is -1.10. The minimum absolute atomic E-state index is 0.266. The first-order valence-electron chi connectivity index (χ1n) is 6.21. The van der Waals surface area contributed by atoms with Gasteiger partial charge in [-0.3, -0.25) is 4.79 Å². The van der Waals surface area contributed by atoms with Crippen molar-refractivity contribution in [1.29, 1.82) is 0 Å². The summed E-state index contributed by atoms with van der Waals surface area (Å²) < 4.78 is 5.25. The smallest absolute Gasteiger partial charge is 0.326 e. The van der Waals surface area contributed by atoms with Crippen molar-refractivity contribution in [2.24, 2.45) is 5.41 Å². The molecular weight excluding hydrogens is 317 g/mol. The van der Waals surface area contributed by atoms with E-state index < -0.39 is 23.3 Å². The first-order valence-corrected chi connectivity index (χ1v) is 6.97. The second kappa shape index (κ2) is 7.00. The standard InChI is InChI=1S/C14H17Cl2NO4/c1-14(2,3)12(13(19)20)17-11(18)7-21-10-6-8(15)4-5-9(10)16/h4-6,12H,7H2,1-3H3,(H,17,18)(H,19,20)/t12-/m1/s1. The fraction of sp³-hybridized carbons (Fsp3) is 0.429. The molecule has 1 aromatic carbocycles. The Morgan fingerprint density at radius 3 is 2.48 bits per heavy atom. The number of rotatable bonds is 5. The van der Waals surface area contributed by atoms with Crippen LogP contribution in [0.15, 0.2) is 18.2 Å². The topological polar surface area (TPSA) is 75.6 Å². The predicted octanol–water partition coefficient (Wildman–Crippen LogP) is 2.99. The molecular formula is C14H17Cl2NO4. The van der Waals surface area contributed by atoms with Gasteiger partial charge >= 0.3 is 5.97 Å². The van der Waals surface area contributed by atoms with Gasteiger partial charge in [-0.1, -0.05) is 44.0 Å². The summed E-state index contributed by atoms with van der Waals surface area (Å²) >= 11 is 11.7. The molecule has 1 atom stereocenters. The molecule has 116 valence electrons. The van der Waals surface area contributed by atoms with Gasteiger partial charge < -0.3 is 15.2 Å². The molecule has 0 heterocycles. The summed E-state index contributed by atoms with van der Waals surface area (Å²) in [4.78, 5) is 23.0. The number of carbonyl (C=O) groups excluding carboxylic acids is 1. The van der Waals surface area contributed by atoms with E-state index in [-0.39, 0.29) is 12.4 Å². The van der Waals surface area contributed by atoms with Crippen LogP contribution in [0.1, 0.15) is 20.8 Å². The number of amides is 1. The second-order valence-electron chi connectivity index (χ2n) is 5.57. The first-order chi connectivity index (χ1) is 9.61. The Labute approximate surface area is 133 Å². The highest BCUT2D eigenvalue weighted by Gasteiger charge is 2.32. The SMILES string of the molecule is CC(C)(C)[C@H](NC(=O)COc1cc(Cl)ccc1Cl)C(=O)O. The van der Waals surface area contributed by atoms with Gasteiger partial charge in [-0.15, -0.1) is 0 Å². The molecule has 21 heavy (non-hydrogen) atoms. The van der Waals surface area contributed by atoms with Gasteiger partial charge in [-0.05, 0) is 17.5 Å². The van der Waals surface area contributed by atoms with Crippen LogP contribution in [0.4, 0.5) is 0 Å². The van der Waals surface area contributed by atoms with Crippen molar-refractivity contribution in [3.63, 3.8) is 0 Å². The molecule has 2 N–H and O–H groups in total. The molecule has 1 rings (SSSR count). The van der Waals surface area contributed by atoms with Gasteiger partial charge in [0, 0.05) is 11.1 Å². The normalized spacial score (nSPS) is 12.6. The number of aliphatic carboxylic acids is 1. The summed E-state index contributed by atoms with van der Waals surface area (Å²) in [5.74, 6) is -1.38. The highest BCUT2D eigenvalue weighted by molar-refractivity contribution is 6.34. The molecule has 0 unspecified atom stereocenters. The third kappa shape index (κ3) is 5.44. The highest BCUT2D eigenvalue weighted by atomic mass is 35.5. The van der Waals surface area contributed by atoms with Crippen LogP contribution in [-0.4, -0.2) is 29.6 Å². The lowest BCUT2D eigenvalue weighted by Gasteiger charge is -2.27. The molecule has 7 heteroatoms. The van der Waals surface area contributed by atoms with E-state index in [1.165, 1.54) is 6.07 Å². The van der Waals surface area contributed by atoms with E-state index in [2.05, 4.69) is 5.32 Å². The summed E-state index contributed by atoms with van der Waals surface area (Å²) in [5.41, 5.74) is -0.616. The molecule has 0 saturated carbocycles. The molecule has 0 aliphatic heterocycles. The second-order valence-corrected chi connectivity index (χ2v) is 6.41. The molecule has 0 aliphatic carbocycles. The molecule has 5 nitrogen and oxygen atoms in total. The summed E-state index contributed by atoms with van der Waals surface area (Å²) in [5, 5.41) is 12.3. The van der Waals surface area contributed by atoms with Crippen molar-refractivity contribution in [3.8, 4) is 5.75 Å². The molecule has 0 fully saturated rings. The lowest BCUT2D eigenvalue weighted by atomic mass is 9.87. The molecule has 0 aliphatic rings. The Hall–Kier alpha value is -1.46. The Morgan fingerprint density at radius 1 is 1.33 bits per heavy atom. The number of nitrogens with one attached hydrogen (secondary N) is 1. The van der Waals surface area contributed by atoms with Crippen molar-refractivity contribution in [3.05, 3.63) is 28.2 Å². The maximum Gasteiger partial charge on any atom is 0.326 e. The lowest BCUT2D eigenvalue weighted by molar-refractivity contribution is -0.145. The van der Waals surface area contributed by atoms with E-state index >= 15 is 0 Å². The monoisotopic (exact) mass is 333 g/mol. The average Bonchev–Trinajstić information content (AvgIpc) is 2.35. The van der Waals surface area contributed by atoms with Crippen LogP contribution >= 0.6 is 23.2 Å². The minimum Gasteiger partial charge on any atom is -0.482 e. The molecule has 0 spiro atoms.